The normalized spacial score (nSPS) is 10.0. The third-order valence-electron chi connectivity index (χ3n) is 1.74. The fraction of sp³-hybridized carbons (Fsp3) is 0.333. The van der Waals surface area contributed by atoms with Gasteiger partial charge < -0.3 is 10.2 Å². The van der Waals surface area contributed by atoms with Crippen molar-refractivity contribution in [3.63, 3.8) is 0 Å². The molecule has 1 rings (SSSR count). The Balaban J connectivity index is 3.06. The zero-order valence-electron chi connectivity index (χ0n) is 6.54. The Labute approximate surface area is 66.1 Å². The van der Waals surface area contributed by atoms with Gasteiger partial charge in [0.15, 0.2) is 0 Å². The Morgan fingerprint density at radius 3 is 2.55 bits per heavy atom. The van der Waals surface area contributed by atoms with Crippen LogP contribution in [0, 0.1) is 0 Å². The Morgan fingerprint density at radius 2 is 2.00 bits per heavy atom. The predicted octanol–water partition coefficient (Wildman–Crippen LogP) is 1.45. The first-order chi connectivity index (χ1) is 5.27. The summed E-state index contributed by atoms with van der Waals surface area (Å²) in [6.07, 6.45) is 0.885. The molecule has 0 fully saturated rings. The molecule has 0 unspecified atom stereocenters. The van der Waals surface area contributed by atoms with Gasteiger partial charge in [0.2, 0.25) is 0 Å². The van der Waals surface area contributed by atoms with Gasteiger partial charge in [-0.1, -0.05) is 13.0 Å². The van der Waals surface area contributed by atoms with Crippen molar-refractivity contribution in [2.45, 2.75) is 20.0 Å². The molecule has 2 nitrogen and oxygen atoms in total. The number of phenols is 1. The molecule has 0 amide bonds. The summed E-state index contributed by atoms with van der Waals surface area (Å²) in [6, 6.07) is 5.07. The number of aliphatic hydroxyl groups is 1. The second-order valence-corrected chi connectivity index (χ2v) is 2.46. The summed E-state index contributed by atoms with van der Waals surface area (Å²) in [5, 5.41) is 17.9. The summed E-state index contributed by atoms with van der Waals surface area (Å²) in [7, 11) is 0. The van der Waals surface area contributed by atoms with Gasteiger partial charge in [0.05, 0.1) is 6.61 Å². The van der Waals surface area contributed by atoms with E-state index < -0.39 is 0 Å². The SMILES string of the molecule is CCc1ccc(O)cc1CO. The van der Waals surface area contributed by atoms with Gasteiger partial charge in [0, 0.05) is 0 Å². The van der Waals surface area contributed by atoms with Crippen LogP contribution in [-0.4, -0.2) is 10.2 Å². The molecule has 0 aromatic heterocycles. The fourth-order valence-corrected chi connectivity index (χ4v) is 1.10. The van der Waals surface area contributed by atoms with Crippen molar-refractivity contribution in [1.29, 1.82) is 0 Å². The Kier molecular flexibility index (Phi) is 2.49. The molecule has 0 spiro atoms. The van der Waals surface area contributed by atoms with Crippen LogP contribution in [0.25, 0.3) is 0 Å². The number of aryl methyl sites for hydroxylation is 1. The molecule has 0 saturated carbocycles. The number of aromatic hydroxyl groups is 1. The van der Waals surface area contributed by atoms with Crippen molar-refractivity contribution >= 4 is 0 Å². The summed E-state index contributed by atoms with van der Waals surface area (Å²) in [5.74, 6) is 0.214. The van der Waals surface area contributed by atoms with Crippen LogP contribution in [0.2, 0.25) is 0 Å². The zero-order chi connectivity index (χ0) is 8.27. The predicted molar refractivity (Wildman–Crippen MR) is 43.4 cm³/mol. The largest absolute Gasteiger partial charge is 0.508 e. The van der Waals surface area contributed by atoms with Crippen molar-refractivity contribution in [3.8, 4) is 5.75 Å². The zero-order valence-corrected chi connectivity index (χ0v) is 6.54. The maximum Gasteiger partial charge on any atom is 0.115 e. The van der Waals surface area contributed by atoms with E-state index in [4.69, 9.17) is 10.2 Å². The van der Waals surface area contributed by atoms with Crippen molar-refractivity contribution in [2.24, 2.45) is 0 Å². The molecule has 0 atom stereocenters. The minimum absolute atomic E-state index is 0.00241. The van der Waals surface area contributed by atoms with E-state index in [1.54, 1.807) is 12.1 Å². The van der Waals surface area contributed by atoms with Gasteiger partial charge >= 0.3 is 0 Å². The molecule has 2 heteroatoms. The second-order valence-electron chi connectivity index (χ2n) is 2.46. The van der Waals surface area contributed by atoms with Crippen LogP contribution in [-0.2, 0) is 13.0 Å². The highest BCUT2D eigenvalue weighted by Crippen LogP contribution is 2.16. The van der Waals surface area contributed by atoms with Crippen LogP contribution in [0.1, 0.15) is 18.1 Å². The molecule has 0 aliphatic carbocycles. The minimum atomic E-state index is -0.00241. The quantitative estimate of drug-likeness (QED) is 0.673. The number of hydrogen-bond acceptors (Lipinski definition) is 2. The van der Waals surface area contributed by atoms with Crippen molar-refractivity contribution in [3.05, 3.63) is 29.3 Å². The van der Waals surface area contributed by atoms with Crippen LogP contribution in [0.4, 0.5) is 0 Å². The number of benzene rings is 1. The van der Waals surface area contributed by atoms with E-state index in [1.165, 1.54) is 0 Å². The average molecular weight is 152 g/mol. The lowest BCUT2D eigenvalue weighted by atomic mass is 10.1. The lowest BCUT2D eigenvalue weighted by molar-refractivity contribution is 0.280. The molecular formula is C9H12O2. The highest BCUT2D eigenvalue weighted by atomic mass is 16.3. The van der Waals surface area contributed by atoms with Crippen molar-refractivity contribution in [1.82, 2.24) is 0 Å². The minimum Gasteiger partial charge on any atom is -0.508 e. The number of aliphatic hydroxyl groups excluding tert-OH is 1. The third-order valence-corrected chi connectivity index (χ3v) is 1.74. The Bertz CT molecular complexity index is 243. The average Bonchev–Trinajstić information content (AvgIpc) is 2.04. The highest BCUT2D eigenvalue weighted by molar-refractivity contribution is 5.34. The van der Waals surface area contributed by atoms with Crippen LogP contribution in [0.15, 0.2) is 18.2 Å². The van der Waals surface area contributed by atoms with Crippen LogP contribution in [0.3, 0.4) is 0 Å². The maximum atomic E-state index is 9.05. The maximum absolute atomic E-state index is 9.05. The van der Waals surface area contributed by atoms with Gasteiger partial charge in [-0.05, 0) is 29.7 Å². The molecule has 1 aromatic rings. The van der Waals surface area contributed by atoms with E-state index in [0.717, 1.165) is 17.5 Å². The summed E-state index contributed by atoms with van der Waals surface area (Å²) in [6.45, 7) is 2.02. The Morgan fingerprint density at radius 1 is 1.27 bits per heavy atom. The first-order valence-electron chi connectivity index (χ1n) is 3.69. The van der Waals surface area contributed by atoms with E-state index in [0.29, 0.717) is 0 Å². The van der Waals surface area contributed by atoms with Gasteiger partial charge in [-0.2, -0.15) is 0 Å². The van der Waals surface area contributed by atoms with Crippen molar-refractivity contribution in [2.75, 3.05) is 0 Å². The molecule has 1 aromatic carbocycles. The lowest BCUT2D eigenvalue weighted by Crippen LogP contribution is -1.90. The van der Waals surface area contributed by atoms with E-state index in [9.17, 15) is 0 Å². The molecule has 0 heterocycles. The third kappa shape index (κ3) is 1.71. The molecule has 0 aliphatic heterocycles. The highest BCUT2D eigenvalue weighted by Gasteiger charge is 1.99. The fourth-order valence-electron chi connectivity index (χ4n) is 1.10. The molecule has 0 radical (unpaired) electrons. The van der Waals surface area contributed by atoms with Crippen LogP contribution in [0.5, 0.6) is 5.75 Å². The monoisotopic (exact) mass is 152 g/mol. The lowest BCUT2D eigenvalue weighted by Gasteiger charge is -2.04. The molecule has 2 N–H and O–H groups in total. The van der Waals surface area contributed by atoms with E-state index in [-0.39, 0.29) is 12.4 Å². The van der Waals surface area contributed by atoms with E-state index in [2.05, 4.69) is 0 Å². The standard InChI is InChI=1S/C9H12O2/c1-2-7-3-4-9(11)5-8(7)6-10/h3-5,10-11H,2,6H2,1H3. The number of hydrogen-bond donors (Lipinski definition) is 2. The summed E-state index contributed by atoms with van der Waals surface area (Å²) >= 11 is 0. The van der Waals surface area contributed by atoms with Crippen LogP contribution >= 0.6 is 0 Å². The molecule has 11 heavy (non-hydrogen) atoms. The first kappa shape index (κ1) is 8.08. The smallest absolute Gasteiger partial charge is 0.115 e. The molecule has 0 aliphatic rings. The molecule has 60 valence electrons. The number of phenolic OH excluding ortho intramolecular Hbond substituents is 1. The molecular weight excluding hydrogens is 140 g/mol. The van der Waals surface area contributed by atoms with E-state index in [1.807, 2.05) is 13.0 Å². The molecule has 0 bridgehead atoms. The van der Waals surface area contributed by atoms with Crippen molar-refractivity contribution < 1.29 is 10.2 Å². The van der Waals surface area contributed by atoms with Gasteiger partial charge in [-0.15, -0.1) is 0 Å². The topological polar surface area (TPSA) is 40.5 Å². The summed E-state index contributed by atoms with van der Waals surface area (Å²) < 4.78 is 0. The summed E-state index contributed by atoms with van der Waals surface area (Å²) in [4.78, 5) is 0. The second kappa shape index (κ2) is 3.39. The van der Waals surface area contributed by atoms with Gasteiger partial charge in [-0.3, -0.25) is 0 Å². The number of rotatable bonds is 2. The van der Waals surface area contributed by atoms with Gasteiger partial charge in [-0.25, -0.2) is 0 Å². The van der Waals surface area contributed by atoms with Gasteiger partial charge in [0.1, 0.15) is 5.75 Å². The first-order valence-corrected chi connectivity index (χ1v) is 3.69. The Hall–Kier alpha value is -1.02. The van der Waals surface area contributed by atoms with Crippen LogP contribution < -0.4 is 0 Å². The molecule has 0 saturated heterocycles. The van der Waals surface area contributed by atoms with Gasteiger partial charge in [0.25, 0.3) is 0 Å². The summed E-state index contributed by atoms with van der Waals surface area (Å²) in [5.41, 5.74) is 1.90. The van der Waals surface area contributed by atoms with E-state index >= 15 is 0 Å².